The average Bonchev–Trinajstić information content (AvgIpc) is 3.13. The highest BCUT2D eigenvalue weighted by Gasteiger charge is 2.38. The fourth-order valence-corrected chi connectivity index (χ4v) is 3.55. The molecule has 0 fully saturated rings. The molecule has 1 aromatic carbocycles. The van der Waals surface area contributed by atoms with Crippen LogP contribution in [0.4, 0.5) is 13.2 Å². The Morgan fingerprint density at radius 3 is 2.41 bits per heavy atom. The Hall–Kier alpha value is -2.96. The number of carbonyl (C=O) groups excluding carboxylic acids is 1. The van der Waals surface area contributed by atoms with Gasteiger partial charge in [0, 0.05) is 23.0 Å². The lowest BCUT2D eigenvalue weighted by atomic mass is 10.2. The first-order valence-corrected chi connectivity index (χ1v) is 11.1. The second kappa shape index (κ2) is 8.52. The van der Waals surface area contributed by atoms with Gasteiger partial charge in [0.25, 0.3) is 11.7 Å². The third-order valence-electron chi connectivity index (χ3n) is 3.89. The van der Waals surface area contributed by atoms with Crippen LogP contribution in [0.5, 0.6) is 0 Å². The Bertz CT molecular complexity index is 1320. The highest BCUT2D eigenvalue weighted by molar-refractivity contribution is 7.90. The van der Waals surface area contributed by atoms with Crippen LogP contribution in [0, 0.1) is 0 Å². The minimum absolute atomic E-state index is 0.0309. The molecule has 32 heavy (non-hydrogen) atoms. The van der Waals surface area contributed by atoms with Crippen molar-refractivity contribution in [2.75, 3.05) is 6.26 Å². The number of sulfone groups is 1. The van der Waals surface area contributed by atoms with Gasteiger partial charge in [-0.3, -0.25) is 4.79 Å². The number of halogens is 5. The summed E-state index contributed by atoms with van der Waals surface area (Å²) < 4.78 is 63.8. The van der Waals surface area contributed by atoms with E-state index in [2.05, 4.69) is 27.0 Å². The van der Waals surface area contributed by atoms with Gasteiger partial charge in [-0.25, -0.2) is 18.4 Å². The van der Waals surface area contributed by atoms with Gasteiger partial charge >= 0.3 is 6.18 Å². The number of pyridine rings is 1. The fraction of sp³-hybridized carbons (Fsp3) is 0.111. The number of hydrogen-bond donors (Lipinski definition) is 1. The molecule has 0 bridgehead atoms. The van der Waals surface area contributed by atoms with Crippen molar-refractivity contribution in [3.8, 4) is 5.82 Å². The molecule has 168 valence electrons. The number of benzene rings is 1. The number of nitrogens with zero attached hydrogens (tertiary/aromatic N) is 4. The second-order valence-electron chi connectivity index (χ2n) is 6.38. The molecule has 0 radical (unpaired) electrons. The summed E-state index contributed by atoms with van der Waals surface area (Å²) in [6.45, 7) is 3.56. The first-order chi connectivity index (χ1) is 14.8. The van der Waals surface area contributed by atoms with E-state index in [0.29, 0.717) is 0 Å². The summed E-state index contributed by atoms with van der Waals surface area (Å²) >= 11 is 11.6. The van der Waals surface area contributed by atoms with Crippen LogP contribution < -0.4 is 5.32 Å². The molecule has 0 unspecified atom stereocenters. The Morgan fingerprint density at radius 1 is 1.16 bits per heavy atom. The minimum Gasteiger partial charge on any atom is -0.319 e. The van der Waals surface area contributed by atoms with Crippen LogP contribution >= 0.6 is 23.2 Å². The Labute approximate surface area is 189 Å². The Balaban J connectivity index is 1.99. The van der Waals surface area contributed by atoms with E-state index >= 15 is 0 Å². The predicted octanol–water partition coefficient (Wildman–Crippen LogP) is 3.79. The van der Waals surface area contributed by atoms with Gasteiger partial charge in [0.1, 0.15) is 0 Å². The maximum Gasteiger partial charge on any atom is 0.453 e. The third kappa shape index (κ3) is 5.26. The summed E-state index contributed by atoms with van der Waals surface area (Å²) in [4.78, 5) is 19.7. The molecule has 0 aliphatic carbocycles. The molecule has 14 heteroatoms. The smallest absolute Gasteiger partial charge is 0.319 e. The van der Waals surface area contributed by atoms with Crippen molar-refractivity contribution in [1.82, 2.24) is 25.1 Å². The van der Waals surface area contributed by atoms with Gasteiger partial charge in [0.15, 0.2) is 21.5 Å². The Kier molecular flexibility index (Phi) is 6.31. The molecule has 1 N–H and O–H groups in total. The van der Waals surface area contributed by atoms with E-state index in [1.165, 1.54) is 24.4 Å². The SMILES string of the molecule is C=C(NC(=O)c1cc(Cl)cc(S(C)(=O)=O)c1)c1nc(C(F)(F)F)nn1-c1ccc(Cl)cn1. The molecule has 8 nitrogen and oxygen atoms in total. The molecule has 0 aliphatic heterocycles. The lowest BCUT2D eigenvalue weighted by Crippen LogP contribution is -2.23. The van der Waals surface area contributed by atoms with Crippen molar-refractivity contribution < 1.29 is 26.4 Å². The number of amides is 1. The zero-order chi connectivity index (χ0) is 23.8. The summed E-state index contributed by atoms with van der Waals surface area (Å²) in [7, 11) is -3.68. The average molecular weight is 506 g/mol. The first-order valence-electron chi connectivity index (χ1n) is 8.43. The molecular formula is C18H12Cl2F3N5O3S. The summed E-state index contributed by atoms with van der Waals surface area (Å²) in [5, 5.41) is 5.89. The molecule has 1 amide bonds. The van der Waals surface area contributed by atoms with Crippen molar-refractivity contribution in [2.24, 2.45) is 0 Å². The van der Waals surface area contributed by atoms with E-state index in [1.54, 1.807) is 0 Å². The van der Waals surface area contributed by atoms with Crippen molar-refractivity contribution in [2.45, 2.75) is 11.1 Å². The largest absolute Gasteiger partial charge is 0.453 e. The summed E-state index contributed by atoms with van der Waals surface area (Å²) in [6.07, 6.45) is -2.76. The first kappa shape index (κ1) is 23.7. The quantitative estimate of drug-likeness (QED) is 0.565. The Morgan fingerprint density at radius 2 is 1.84 bits per heavy atom. The lowest BCUT2D eigenvalue weighted by Gasteiger charge is -2.10. The molecule has 3 rings (SSSR count). The van der Waals surface area contributed by atoms with Crippen LogP contribution in [0.3, 0.4) is 0 Å². The molecule has 3 aromatic rings. The van der Waals surface area contributed by atoms with Crippen molar-refractivity contribution in [3.63, 3.8) is 0 Å². The van der Waals surface area contributed by atoms with Crippen LogP contribution in [-0.2, 0) is 16.0 Å². The fourth-order valence-electron chi connectivity index (χ4n) is 2.45. The van der Waals surface area contributed by atoms with E-state index in [-0.39, 0.29) is 32.0 Å². The zero-order valence-corrected chi connectivity index (χ0v) is 18.3. The molecule has 2 heterocycles. The summed E-state index contributed by atoms with van der Waals surface area (Å²) in [5.74, 6) is -2.88. The molecule has 2 aromatic heterocycles. The van der Waals surface area contributed by atoms with Crippen LogP contribution in [-0.4, -0.2) is 40.3 Å². The summed E-state index contributed by atoms with van der Waals surface area (Å²) in [6, 6.07) is 6.08. The highest BCUT2D eigenvalue weighted by Crippen LogP contribution is 2.28. The van der Waals surface area contributed by atoms with Gasteiger partial charge in [-0.05, 0) is 30.3 Å². The van der Waals surface area contributed by atoms with E-state index in [4.69, 9.17) is 23.2 Å². The zero-order valence-electron chi connectivity index (χ0n) is 16.0. The number of nitrogens with one attached hydrogen (secondary N) is 1. The van der Waals surface area contributed by atoms with E-state index < -0.39 is 33.6 Å². The van der Waals surface area contributed by atoms with E-state index in [0.717, 1.165) is 23.1 Å². The van der Waals surface area contributed by atoms with Crippen LogP contribution in [0.25, 0.3) is 11.5 Å². The van der Waals surface area contributed by atoms with Gasteiger partial charge in [-0.15, -0.1) is 5.10 Å². The molecule has 0 spiro atoms. The topological polar surface area (TPSA) is 107 Å². The van der Waals surface area contributed by atoms with Gasteiger partial charge in [-0.2, -0.15) is 17.9 Å². The van der Waals surface area contributed by atoms with Gasteiger partial charge in [0.05, 0.1) is 15.6 Å². The van der Waals surface area contributed by atoms with Crippen molar-refractivity contribution in [1.29, 1.82) is 0 Å². The minimum atomic E-state index is -4.88. The maximum atomic E-state index is 13.2. The third-order valence-corrected chi connectivity index (χ3v) is 5.42. The number of alkyl halides is 3. The molecule has 0 saturated carbocycles. The van der Waals surface area contributed by atoms with E-state index in [1.807, 2.05) is 0 Å². The monoisotopic (exact) mass is 505 g/mol. The van der Waals surface area contributed by atoms with Crippen LogP contribution in [0.1, 0.15) is 22.0 Å². The van der Waals surface area contributed by atoms with Gasteiger partial charge in [-0.1, -0.05) is 29.8 Å². The number of aromatic nitrogens is 4. The molecule has 0 saturated heterocycles. The normalized spacial score (nSPS) is 11.9. The highest BCUT2D eigenvalue weighted by atomic mass is 35.5. The van der Waals surface area contributed by atoms with Gasteiger partial charge < -0.3 is 5.32 Å². The second-order valence-corrected chi connectivity index (χ2v) is 9.27. The standard InChI is InChI=1S/C18H12Cl2F3N5O3S/c1-9(25-16(29)10-5-12(20)7-13(6-10)32(2,30)31)15-26-17(18(21,22)23)27-28(15)14-4-3-11(19)8-24-14/h3-8H,1H2,2H3,(H,25,29). The van der Waals surface area contributed by atoms with Crippen molar-refractivity contribution in [3.05, 3.63) is 70.4 Å². The number of hydrogen-bond acceptors (Lipinski definition) is 6. The van der Waals surface area contributed by atoms with Gasteiger partial charge in [0.2, 0.25) is 0 Å². The number of carbonyl (C=O) groups is 1. The van der Waals surface area contributed by atoms with E-state index in [9.17, 15) is 26.4 Å². The molecular weight excluding hydrogens is 494 g/mol. The maximum absolute atomic E-state index is 13.2. The number of rotatable bonds is 5. The molecule has 0 aliphatic rings. The summed E-state index contributed by atoms with van der Waals surface area (Å²) in [5.41, 5.74) is -0.513. The van der Waals surface area contributed by atoms with Crippen LogP contribution in [0.15, 0.2) is 48.0 Å². The molecule has 0 atom stereocenters. The van der Waals surface area contributed by atoms with Crippen molar-refractivity contribution >= 4 is 44.6 Å². The lowest BCUT2D eigenvalue weighted by molar-refractivity contribution is -0.144. The predicted molar refractivity (Wildman–Crippen MR) is 110 cm³/mol. The van der Waals surface area contributed by atoms with Crippen LogP contribution in [0.2, 0.25) is 10.0 Å².